The first-order chi connectivity index (χ1) is 16.1. The highest BCUT2D eigenvalue weighted by Gasteiger charge is 2.13. The minimum atomic E-state index is -0.137. The average molecular weight is 437 g/mol. The summed E-state index contributed by atoms with van der Waals surface area (Å²) in [7, 11) is 1.62. The molecule has 0 saturated heterocycles. The van der Waals surface area contributed by atoms with Gasteiger partial charge >= 0.3 is 0 Å². The smallest absolute Gasteiger partial charge is 0.193 e. The Kier molecular flexibility index (Phi) is 6.36. The Labute approximate surface area is 192 Å². The molecular weight excluding hydrogens is 412 g/mol. The van der Waals surface area contributed by atoms with Crippen molar-refractivity contribution < 1.29 is 4.74 Å². The van der Waals surface area contributed by atoms with E-state index < -0.39 is 0 Å². The van der Waals surface area contributed by atoms with Crippen molar-refractivity contribution in [2.75, 3.05) is 17.7 Å². The van der Waals surface area contributed by atoms with Gasteiger partial charge in [-0.3, -0.25) is 9.36 Å². The second kappa shape index (κ2) is 9.70. The number of methoxy groups -OCH3 is 1. The molecule has 2 N–H and O–H groups in total. The number of nitrogens with zero attached hydrogens (tertiary/aromatic N) is 2. The van der Waals surface area contributed by atoms with E-state index >= 15 is 0 Å². The van der Waals surface area contributed by atoms with Gasteiger partial charge < -0.3 is 15.4 Å². The number of ether oxygens (including phenoxy) is 1. The van der Waals surface area contributed by atoms with Crippen LogP contribution in [0.15, 0.2) is 115 Å². The van der Waals surface area contributed by atoms with Crippen LogP contribution in [0, 0.1) is 0 Å². The second-order valence-corrected chi connectivity index (χ2v) is 7.20. The molecule has 4 aromatic rings. The molecule has 0 unspecified atom stereocenters. The average Bonchev–Trinajstić information content (AvgIpc) is 2.84. The highest BCUT2D eigenvalue weighted by Crippen LogP contribution is 2.27. The third-order valence-electron chi connectivity index (χ3n) is 5.04. The van der Waals surface area contributed by atoms with E-state index in [2.05, 4.69) is 28.8 Å². The van der Waals surface area contributed by atoms with Crippen molar-refractivity contribution >= 4 is 28.2 Å². The van der Waals surface area contributed by atoms with E-state index in [1.165, 1.54) is 0 Å². The van der Waals surface area contributed by atoms with Gasteiger partial charge in [-0.15, -0.1) is 0 Å². The highest BCUT2D eigenvalue weighted by molar-refractivity contribution is 5.85. The Morgan fingerprint density at radius 2 is 1.88 bits per heavy atom. The zero-order chi connectivity index (χ0) is 23.2. The summed E-state index contributed by atoms with van der Waals surface area (Å²) in [5.41, 5.74) is 3.01. The van der Waals surface area contributed by atoms with Crippen LogP contribution in [0.5, 0.6) is 5.75 Å². The van der Waals surface area contributed by atoms with Crippen LogP contribution < -0.4 is 20.8 Å². The summed E-state index contributed by atoms with van der Waals surface area (Å²) in [6.07, 6.45) is 6.72. The standard InChI is InChI=1S/C27H24N4O2/c1-4-10-19(5-2)30-27-17-25(32)23-18-28-26(29-20-11-9-14-22(15-20)33-3)16-24(23)31(27)21-12-7-6-8-13-21/h4-18,30H,1-2H2,3H3,(H,28,29)/b19-10+. The van der Waals surface area contributed by atoms with Crippen molar-refractivity contribution in [1.29, 1.82) is 0 Å². The van der Waals surface area contributed by atoms with E-state index in [-0.39, 0.29) is 5.43 Å². The number of nitrogens with one attached hydrogen (secondary N) is 2. The van der Waals surface area contributed by atoms with Gasteiger partial charge in [-0.25, -0.2) is 4.98 Å². The van der Waals surface area contributed by atoms with E-state index in [1.54, 1.807) is 37.6 Å². The maximum absolute atomic E-state index is 13.0. The van der Waals surface area contributed by atoms with Crippen molar-refractivity contribution in [2.45, 2.75) is 0 Å². The van der Waals surface area contributed by atoms with Gasteiger partial charge in [-0.1, -0.05) is 43.5 Å². The molecule has 2 aromatic carbocycles. The molecule has 0 saturated carbocycles. The zero-order valence-corrected chi connectivity index (χ0v) is 18.3. The van der Waals surface area contributed by atoms with Crippen LogP contribution >= 0.6 is 0 Å². The summed E-state index contributed by atoms with van der Waals surface area (Å²) < 4.78 is 7.29. The second-order valence-electron chi connectivity index (χ2n) is 7.20. The first kappa shape index (κ1) is 21.6. The van der Waals surface area contributed by atoms with Gasteiger partial charge in [-0.05, 0) is 36.4 Å². The van der Waals surface area contributed by atoms with E-state index in [0.717, 1.165) is 22.8 Å². The summed E-state index contributed by atoms with van der Waals surface area (Å²) in [5, 5.41) is 7.09. The number of fused-ring (bicyclic) bond motifs is 1. The predicted octanol–water partition coefficient (Wildman–Crippen LogP) is 5.81. The van der Waals surface area contributed by atoms with Gasteiger partial charge in [0.25, 0.3) is 0 Å². The molecule has 6 nitrogen and oxygen atoms in total. The number of hydrogen-bond donors (Lipinski definition) is 2. The number of rotatable bonds is 8. The molecule has 0 aliphatic heterocycles. The molecule has 0 spiro atoms. The SMILES string of the molecule is C=C/C=C(\C=C)Nc1cc(=O)c2cnc(Nc3cccc(OC)c3)cc2n1-c1ccccc1. The van der Waals surface area contributed by atoms with E-state index in [0.29, 0.717) is 22.5 Å². The van der Waals surface area contributed by atoms with Gasteiger partial charge in [-0.2, -0.15) is 0 Å². The van der Waals surface area contributed by atoms with Crippen LogP contribution in [-0.2, 0) is 0 Å². The van der Waals surface area contributed by atoms with Crippen molar-refractivity contribution in [3.8, 4) is 11.4 Å². The van der Waals surface area contributed by atoms with Gasteiger partial charge in [0.1, 0.15) is 17.4 Å². The summed E-state index contributed by atoms with van der Waals surface area (Å²) in [5.74, 6) is 1.94. The van der Waals surface area contributed by atoms with Crippen molar-refractivity contribution in [1.82, 2.24) is 9.55 Å². The van der Waals surface area contributed by atoms with Crippen molar-refractivity contribution in [3.05, 3.63) is 120 Å². The molecule has 2 heterocycles. The molecule has 0 atom stereocenters. The third-order valence-corrected chi connectivity index (χ3v) is 5.04. The Hall–Kier alpha value is -4.58. The Balaban J connectivity index is 1.91. The summed E-state index contributed by atoms with van der Waals surface area (Å²) in [6, 6.07) is 20.8. The number of allylic oxidation sites excluding steroid dienone is 3. The molecule has 6 heteroatoms. The lowest BCUT2D eigenvalue weighted by Crippen LogP contribution is -2.14. The van der Waals surface area contributed by atoms with Crippen molar-refractivity contribution in [3.63, 3.8) is 0 Å². The van der Waals surface area contributed by atoms with E-state index in [1.807, 2.05) is 65.2 Å². The van der Waals surface area contributed by atoms with Crippen molar-refractivity contribution in [2.24, 2.45) is 0 Å². The fourth-order valence-electron chi connectivity index (χ4n) is 3.52. The Bertz CT molecular complexity index is 1410. The summed E-state index contributed by atoms with van der Waals surface area (Å²) in [6.45, 7) is 7.59. The van der Waals surface area contributed by atoms with Crippen LogP contribution in [0.3, 0.4) is 0 Å². The van der Waals surface area contributed by atoms with Crippen LogP contribution in [0.4, 0.5) is 17.3 Å². The predicted molar refractivity (Wildman–Crippen MR) is 136 cm³/mol. The molecule has 0 aliphatic carbocycles. The number of pyridine rings is 2. The first-order valence-electron chi connectivity index (χ1n) is 10.4. The molecule has 2 aromatic heterocycles. The van der Waals surface area contributed by atoms with Gasteiger partial charge in [0.05, 0.1) is 18.0 Å². The fourth-order valence-corrected chi connectivity index (χ4v) is 3.52. The van der Waals surface area contributed by atoms with Gasteiger partial charge in [0.2, 0.25) is 0 Å². The number of aromatic nitrogens is 2. The molecule has 0 bridgehead atoms. The fraction of sp³-hybridized carbons (Fsp3) is 0.0370. The number of hydrogen-bond acceptors (Lipinski definition) is 5. The summed E-state index contributed by atoms with van der Waals surface area (Å²) in [4.78, 5) is 17.4. The molecule has 4 rings (SSSR count). The Morgan fingerprint density at radius 3 is 2.61 bits per heavy atom. The normalized spacial score (nSPS) is 11.1. The molecule has 0 fully saturated rings. The van der Waals surface area contributed by atoms with Gasteiger partial charge in [0, 0.05) is 41.5 Å². The first-order valence-corrected chi connectivity index (χ1v) is 10.4. The summed E-state index contributed by atoms with van der Waals surface area (Å²) >= 11 is 0. The molecular formula is C27H24N4O2. The molecule has 0 aliphatic rings. The van der Waals surface area contributed by atoms with E-state index in [9.17, 15) is 4.79 Å². The lowest BCUT2D eigenvalue weighted by Gasteiger charge is -2.19. The van der Waals surface area contributed by atoms with Crippen LogP contribution in [-0.4, -0.2) is 16.7 Å². The Morgan fingerprint density at radius 1 is 1.06 bits per heavy atom. The maximum atomic E-state index is 13.0. The number of para-hydroxylation sites is 1. The van der Waals surface area contributed by atoms with Crippen LogP contribution in [0.25, 0.3) is 16.6 Å². The van der Waals surface area contributed by atoms with Crippen LogP contribution in [0.1, 0.15) is 0 Å². The number of benzene rings is 2. The zero-order valence-electron chi connectivity index (χ0n) is 18.3. The minimum Gasteiger partial charge on any atom is -0.497 e. The lowest BCUT2D eigenvalue weighted by molar-refractivity contribution is 0.415. The molecule has 0 radical (unpaired) electrons. The monoisotopic (exact) mass is 436 g/mol. The largest absolute Gasteiger partial charge is 0.497 e. The lowest BCUT2D eigenvalue weighted by atomic mass is 10.2. The highest BCUT2D eigenvalue weighted by atomic mass is 16.5. The molecule has 33 heavy (non-hydrogen) atoms. The topological polar surface area (TPSA) is 68.2 Å². The quantitative estimate of drug-likeness (QED) is 0.341. The van der Waals surface area contributed by atoms with Gasteiger partial charge in [0.15, 0.2) is 5.43 Å². The van der Waals surface area contributed by atoms with E-state index in [4.69, 9.17) is 4.74 Å². The molecule has 0 amide bonds. The maximum Gasteiger partial charge on any atom is 0.193 e. The third kappa shape index (κ3) is 4.70. The minimum absolute atomic E-state index is 0.137. The van der Waals surface area contributed by atoms with Crippen LogP contribution in [0.2, 0.25) is 0 Å². The number of anilines is 3. The molecule has 164 valence electrons.